The van der Waals surface area contributed by atoms with E-state index >= 15 is 0 Å². The van der Waals surface area contributed by atoms with Crippen LogP contribution in [0.3, 0.4) is 0 Å². The fourth-order valence-corrected chi connectivity index (χ4v) is 3.03. The maximum absolute atomic E-state index is 12.2. The molecule has 1 aromatic heterocycles. The fourth-order valence-electron chi connectivity index (χ4n) is 3.03. The van der Waals surface area contributed by atoms with E-state index in [1.165, 1.54) is 0 Å². The molecule has 0 saturated heterocycles. The van der Waals surface area contributed by atoms with E-state index in [1.54, 1.807) is 7.11 Å². The highest BCUT2D eigenvalue weighted by molar-refractivity contribution is 6.01. The number of hydrogen-bond acceptors (Lipinski definition) is 4. The highest BCUT2D eigenvalue weighted by Crippen LogP contribution is 2.40. The van der Waals surface area contributed by atoms with Crippen LogP contribution in [0.4, 0.5) is 5.69 Å². The number of rotatable bonds is 1. The highest BCUT2D eigenvalue weighted by atomic mass is 16.5. The maximum Gasteiger partial charge on any atom is 0.360 e. The predicted molar refractivity (Wildman–Crippen MR) is 86.5 cm³/mol. The molecule has 0 unspecified atom stereocenters. The molecule has 4 heteroatoms. The molecule has 0 bridgehead atoms. The van der Waals surface area contributed by atoms with Crippen LogP contribution in [0.2, 0.25) is 0 Å². The number of ether oxygens (including phenoxy) is 1. The fraction of sp³-hybridized carbons (Fsp3) is 0.167. The molecule has 0 spiro atoms. The second-order valence-electron chi connectivity index (χ2n) is 5.52. The Morgan fingerprint density at radius 1 is 1.18 bits per heavy atom. The van der Waals surface area contributed by atoms with Crippen LogP contribution < -0.4 is 15.7 Å². The molecule has 1 aliphatic heterocycles. The number of nitrogens with one attached hydrogen (secondary N) is 1. The van der Waals surface area contributed by atoms with Gasteiger partial charge in [0.1, 0.15) is 17.0 Å². The first-order valence-corrected chi connectivity index (χ1v) is 7.16. The molecule has 2 heterocycles. The largest absolute Gasteiger partial charge is 0.497 e. The zero-order valence-electron chi connectivity index (χ0n) is 12.4. The summed E-state index contributed by atoms with van der Waals surface area (Å²) in [4.78, 5) is 12.2. The predicted octanol–water partition coefficient (Wildman–Crippen LogP) is 3.70. The Morgan fingerprint density at radius 2 is 2.05 bits per heavy atom. The second kappa shape index (κ2) is 4.63. The monoisotopic (exact) mass is 293 g/mol. The van der Waals surface area contributed by atoms with Crippen molar-refractivity contribution in [2.75, 3.05) is 12.4 Å². The van der Waals surface area contributed by atoms with Crippen LogP contribution >= 0.6 is 0 Å². The molecule has 110 valence electrons. The zero-order chi connectivity index (χ0) is 15.3. The summed E-state index contributed by atoms with van der Waals surface area (Å²) in [5.74, 6) is 0.812. The molecular formula is C18H15NO3. The summed E-state index contributed by atoms with van der Waals surface area (Å²) in [6.45, 7) is 2.61. The standard InChI is InChI=1S/C18H15NO3/c1-10-3-6-15-14(7-10)16-13-5-4-12(21-2)8-11(13)9-19-17(16)18(20)22-15/h3-8,19H,9H2,1-2H3. The summed E-state index contributed by atoms with van der Waals surface area (Å²) in [7, 11) is 1.65. The Hall–Kier alpha value is -2.75. The first-order valence-electron chi connectivity index (χ1n) is 7.16. The van der Waals surface area contributed by atoms with E-state index in [9.17, 15) is 4.79 Å². The molecular weight excluding hydrogens is 278 g/mol. The number of aryl methyl sites for hydroxylation is 1. The molecule has 4 nitrogen and oxygen atoms in total. The Kier molecular flexibility index (Phi) is 2.73. The Labute approximate surface area is 127 Å². The number of hydrogen-bond donors (Lipinski definition) is 1. The van der Waals surface area contributed by atoms with E-state index in [4.69, 9.17) is 9.15 Å². The van der Waals surface area contributed by atoms with Gasteiger partial charge in [0.2, 0.25) is 0 Å². The lowest BCUT2D eigenvalue weighted by Gasteiger charge is -2.22. The van der Waals surface area contributed by atoms with Crippen LogP contribution in [-0.4, -0.2) is 7.11 Å². The van der Waals surface area contributed by atoms with E-state index in [0.717, 1.165) is 33.4 Å². The lowest BCUT2D eigenvalue weighted by Crippen LogP contribution is -2.17. The quantitative estimate of drug-likeness (QED) is 0.695. The van der Waals surface area contributed by atoms with E-state index in [-0.39, 0.29) is 5.63 Å². The SMILES string of the molecule is COc1ccc2c(c1)CNc1c-2c2cc(C)ccc2oc1=O. The molecule has 0 aliphatic carbocycles. The summed E-state index contributed by atoms with van der Waals surface area (Å²) < 4.78 is 10.7. The third-order valence-electron chi connectivity index (χ3n) is 4.10. The number of anilines is 1. The van der Waals surface area contributed by atoms with Crippen molar-refractivity contribution in [3.05, 3.63) is 57.9 Å². The van der Waals surface area contributed by atoms with Gasteiger partial charge in [-0.25, -0.2) is 4.79 Å². The van der Waals surface area contributed by atoms with E-state index in [1.807, 2.05) is 37.3 Å². The minimum Gasteiger partial charge on any atom is -0.497 e. The number of fused-ring (bicyclic) bond motifs is 5. The lowest BCUT2D eigenvalue weighted by molar-refractivity contribution is 0.414. The molecule has 0 atom stereocenters. The molecule has 0 amide bonds. The maximum atomic E-state index is 12.2. The van der Waals surface area contributed by atoms with Gasteiger partial charge in [-0.2, -0.15) is 0 Å². The van der Waals surface area contributed by atoms with Gasteiger partial charge in [-0.05, 0) is 42.3 Å². The van der Waals surface area contributed by atoms with Crippen LogP contribution in [0.15, 0.2) is 45.6 Å². The van der Waals surface area contributed by atoms with Crippen LogP contribution in [0, 0.1) is 6.92 Å². The van der Waals surface area contributed by atoms with Gasteiger partial charge < -0.3 is 14.5 Å². The van der Waals surface area contributed by atoms with Gasteiger partial charge >= 0.3 is 5.63 Å². The van der Waals surface area contributed by atoms with Crippen molar-refractivity contribution in [1.82, 2.24) is 0 Å². The minimum absolute atomic E-state index is 0.326. The molecule has 3 aromatic rings. The molecule has 0 fully saturated rings. The average Bonchev–Trinajstić information content (AvgIpc) is 2.54. The summed E-state index contributed by atoms with van der Waals surface area (Å²) in [6, 6.07) is 11.8. The molecule has 4 rings (SSSR count). The number of methoxy groups -OCH3 is 1. The molecule has 1 aliphatic rings. The van der Waals surface area contributed by atoms with Crippen molar-refractivity contribution in [3.8, 4) is 16.9 Å². The molecule has 2 aromatic carbocycles. The van der Waals surface area contributed by atoms with Gasteiger partial charge in [-0.1, -0.05) is 17.7 Å². The Bertz CT molecular complexity index is 956. The van der Waals surface area contributed by atoms with Crippen LogP contribution in [-0.2, 0) is 6.54 Å². The van der Waals surface area contributed by atoms with Crippen molar-refractivity contribution < 1.29 is 9.15 Å². The summed E-state index contributed by atoms with van der Waals surface area (Å²) >= 11 is 0. The van der Waals surface area contributed by atoms with Crippen LogP contribution in [0.1, 0.15) is 11.1 Å². The first-order chi connectivity index (χ1) is 10.7. The molecule has 22 heavy (non-hydrogen) atoms. The van der Waals surface area contributed by atoms with Gasteiger partial charge in [0.25, 0.3) is 0 Å². The second-order valence-corrected chi connectivity index (χ2v) is 5.52. The van der Waals surface area contributed by atoms with Crippen molar-refractivity contribution in [2.45, 2.75) is 13.5 Å². The Balaban J connectivity index is 2.12. The van der Waals surface area contributed by atoms with E-state index < -0.39 is 0 Å². The first kappa shape index (κ1) is 13.0. The minimum atomic E-state index is -0.326. The van der Waals surface area contributed by atoms with Gasteiger partial charge in [-0.15, -0.1) is 0 Å². The van der Waals surface area contributed by atoms with Crippen molar-refractivity contribution >= 4 is 16.7 Å². The molecule has 1 N–H and O–H groups in total. The number of benzene rings is 2. The summed E-state index contributed by atoms with van der Waals surface area (Å²) in [5.41, 5.74) is 5.03. The highest BCUT2D eigenvalue weighted by Gasteiger charge is 2.23. The smallest absolute Gasteiger partial charge is 0.360 e. The van der Waals surface area contributed by atoms with Crippen molar-refractivity contribution in [1.29, 1.82) is 0 Å². The molecule has 0 radical (unpaired) electrons. The van der Waals surface area contributed by atoms with Gasteiger partial charge in [0.15, 0.2) is 0 Å². The average molecular weight is 293 g/mol. The summed E-state index contributed by atoms with van der Waals surface area (Å²) in [5, 5.41) is 4.14. The molecule has 0 saturated carbocycles. The van der Waals surface area contributed by atoms with E-state index in [0.29, 0.717) is 17.8 Å². The van der Waals surface area contributed by atoms with Crippen molar-refractivity contribution in [3.63, 3.8) is 0 Å². The Morgan fingerprint density at radius 3 is 2.86 bits per heavy atom. The lowest BCUT2D eigenvalue weighted by atomic mass is 9.92. The van der Waals surface area contributed by atoms with Crippen LogP contribution in [0.25, 0.3) is 22.1 Å². The third kappa shape index (κ3) is 1.80. The third-order valence-corrected chi connectivity index (χ3v) is 4.10. The van der Waals surface area contributed by atoms with Crippen molar-refractivity contribution in [2.24, 2.45) is 0 Å². The van der Waals surface area contributed by atoms with Gasteiger partial charge in [0, 0.05) is 17.5 Å². The summed E-state index contributed by atoms with van der Waals surface area (Å²) in [6.07, 6.45) is 0. The van der Waals surface area contributed by atoms with E-state index in [2.05, 4.69) is 11.4 Å². The normalized spacial score (nSPS) is 12.5. The van der Waals surface area contributed by atoms with Gasteiger partial charge in [0.05, 0.1) is 7.11 Å². The van der Waals surface area contributed by atoms with Gasteiger partial charge in [-0.3, -0.25) is 0 Å². The van der Waals surface area contributed by atoms with Crippen LogP contribution in [0.5, 0.6) is 5.75 Å². The zero-order valence-corrected chi connectivity index (χ0v) is 12.4. The topological polar surface area (TPSA) is 51.5 Å².